The topological polar surface area (TPSA) is 73.9 Å². The van der Waals surface area contributed by atoms with Crippen molar-refractivity contribution in [1.29, 1.82) is 0 Å². The van der Waals surface area contributed by atoms with Gasteiger partial charge in [-0.25, -0.2) is 4.79 Å². The van der Waals surface area contributed by atoms with E-state index in [1.165, 1.54) is 6.42 Å². The fraction of sp³-hybridized carbons (Fsp3) is 0.619. The molecule has 1 amide bonds. The molecule has 1 fully saturated rings. The van der Waals surface area contributed by atoms with Crippen LogP contribution >= 0.6 is 0 Å². The van der Waals surface area contributed by atoms with Crippen molar-refractivity contribution < 1.29 is 23.8 Å². The summed E-state index contributed by atoms with van der Waals surface area (Å²) in [6, 6.07) is 5.08. The smallest absolute Gasteiger partial charge is 0.338 e. The number of hydrogen-bond donors (Lipinski definition) is 1. The second kappa shape index (κ2) is 10.8. The van der Waals surface area contributed by atoms with E-state index in [0.29, 0.717) is 36.2 Å². The fourth-order valence-corrected chi connectivity index (χ4v) is 3.23. The average molecular weight is 377 g/mol. The number of carbonyl (C=O) groups is 2. The molecule has 0 aromatic heterocycles. The summed E-state index contributed by atoms with van der Waals surface area (Å²) in [4.78, 5) is 24.4. The summed E-state index contributed by atoms with van der Waals surface area (Å²) in [7, 11) is 0. The lowest BCUT2D eigenvalue weighted by Crippen LogP contribution is -2.42. The first kappa shape index (κ1) is 21.1. The minimum absolute atomic E-state index is 0.171. The third-order valence-electron chi connectivity index (χ3n) is 4.73. The van der Waals surface area contributed by atoms with Crippen molar-refractivity contribution in [3.63, 3.8) is 0 Å². The Morgan fingerprint density at radius 1 is 1.11 bits per heavy atom. The highest BCUT2D eigenvalue weighted by Crippen LogP contribution is 2.29. The maximum Gasteiger partial charge on any atom is 0.338 e. The zero-order chi connectivity index (χ0) is 19.6. The molecule has 2 rings (SSSR count). The van der Waals surface area contributed by atoms with E-state index in [2.05, 4.69) is 12.2 Å². The van der Waals surface area contributed by atoms with E-state index in [9.17, 15) is 9.59 Å². The molecule has 0 radical (unpaired) electrons. The Balaban J connectivity index is 1.90. The second-order valence-electron chi connectivity index (χ2n) is 6.95. The molecule has 0 aliphatic heterocycles. The highest BCUT2D eigenvalue weighted by atomic mass is 16.5. The van der Waals surface area contributed by atoms with E-state index in [0.717, 1.165) is 25.7 Å². The number of hydrogen-bond acceptors (Lipinski definition) is 5. The third-order valence-corrected chi connectivity index (χ3v) is 4.73. The van der Waals surface area contributed by atoms with Crippen LogP contribution in [0.4, 0.5) is 0 Å². The van der Waals surface area contributed by atoms with Crippen LogP contribution in [0.1, 0.15) is 63.2 Å². The van der Waals surface area contributed by atoms with Crippen LogP contribution in [0.2, 0.25) is 0 Å². The Hall–Kier alpha value is -2.24. The van der Waals surface area contributed by atoms with Crippen molar-refractivity contribution in [3.05, 3.63) is 23.8 Å². The summed E-state index contributed by atoms with van der Waals surface area (Å²) in [5.74, 6) is 0.753. The Morgan fingerprint density at radius 3 is 2.59 bits per heavy atom. The third kappa shape index (κ3) is 6.45. The van der Waals surface area contributed by atoms with Gasteiger partial charge in [-0.05, 0) is 50.3 Å². The SMILES string of the molecule is CCCOc1ccc(C(=O)OCC(=O)N[C@@H]2CCCC[C@@H]2C)cc1OCC. The highest BCUT2D eigenvalue weighted by Gasteiger charge is 2.23. The van der Waals surface area contributed by atoms with Crippen molar-refractivity contribution in [2.24, 2.45) is 5.92 Å². The Bertz CT molecular complexity index is 631. The van der Waals surface area contributed by atoms with Gasteiger partial charge in [0.25, 0.3) is 5.91 Å². The van der Waals surface area contributed by atoms with Crippen molar-refractivity contribution in [2.75, 3.05) is 19.8 Å². The number of amides is 1. The molecule has 0 heterocycles. The van der Waals surface area contributed by atoms with Crippen LogP contribution in [0.25, 0.3) is 0 Å². The standard InChI is InChI=1S/C21H31NO5/c1-4-12-26-18-11-10-16(13-19(18)25-5-2)21(24)27-14-20(23)22-17-9-7-6-8-15(17)3/h10-11,13,15,17H,4-9,12,14H2,1-3H3,(H,22,23)/t15-,17+/m0/s1. The summed E-state index contributed by atoms with van der Waals surface area (Å²) in [5, 5.41) is 2.98. The first-order chi connectivity index (χ1) is 13.0. The molecule has 1 aromatic rings. The molecule has 0 saturated heterocycles. The number of carbonyl (C=O) groups excluding carboxylic acids is 2. The molecule has 27 heavy (non-hydrogen) atoms. The predicted octanol–water partition coefficient (Wildman–Crippen LogP) is 3.73. The predicted molar refractivity (Wildman–Crippen MR) is 103 cm³/mol. The van der Waals surface area contributed by atoms with Crippen LogP contribution in [0, 0.1) is 5.92 Å². The minimum Gasteiger partial charge on any atom is -0.490 e. The van der Waals surface area contributed by atoms with Crippen LogP contribution < -0.4 is 14.8 Å². The van der Waals surface area contributed by atoms with E-state index < -0.39 is 5.97 Å². The van der Waals surface area contributed by atoms with Gasteiger partial charge in [0.1, 0.15) is 0 Å². The molecule has 0 spiro atoms. The fourth-order valence-electron chi connectivity index (χ4n) is 3.23. The van der Waals surface area contributed by atoms with Crippen LogP contribution in [-0.4, -0.2) is 37.7 Å². The second-order valence-corrected chi connectivity index (χ2v) is 6.95. The molecule has 1 saturated carbocycles. The van der Waals surface area contributed by atoms with Crippen molar-refractivity contribution >= 4 is 11.9 Å². The molecular formula is C21H31NO5. The molecule has 6 nitrogen and oxygen atoms in total. The summed E-state index contributed by atoms with van der Waals surface area (Å²) in [6.07, 6.45) is 5.32. The highest BCUT2D eigenvalue weighted by molar-refractivity contribution is 5.92. The normalized spacial score (nSPS) is 19.2. The van der Waals surface area contributed by atoms with E-state index in [4.69, 9.17) is 14.2 Å². The molecule has 2 atom stereocenters. The number of benzene rings is 1. The largest absolute Gasteiger partial charge is 0.490 e. The number of ether oxygens (including phenoxy) is 3. The van der Waals surface area contributed by atoms with Crippen LogP contribution in [0.3, 0.4) is 0 Å². The molecule has 1 N–H and O–H groups in total. The lowest BCUT2D eigenvalue weighted by Gasteiger charge is -2.29. The van der Waals surface area contributed by atoms with E-state index >= 15 is 0 Å². The maximum absolute atomic E-state index is 12.3. The molecular weight excluding hydrogens is 346 g/mol. The molecule has 1 aliphatic carbocycles. The Morgan fingerprint density at radius 2 is 1.89 bits per heavy atom. The number of esters is 1. The summed E-state index contributed by atoms with van der Waals surface area (Å²) < 4.78 is 16.3. The minimum atomic E-state index is -0.551. The number of rotatable bonds is 9. The molecule has 0 unspecified atom stereocenters. The molecule has 6 heteroatoms. The van der Waals surface area contributed by atoms with Gasteiger partial charge in [-0.15, -0.1) is 0 Å². The Kier molecular flexibility index (Phi) is 8.43. The zero-order valence-electron chi connectivity index (χ0n) is 16.6. The van der Waals surface area contributed by atoms with Gasteiger partial charge in [-0.1, -0.05) is 26.7 Å². The maximum atomic E-state index is 12.3. The van der Waals surface area contributed by atoms with Crippen LogP contribution in [0.5, 0.6) is 11.5 Å². The van der Waals surface area contributed by atoms with Gasteiger partial charge in [0.05, 0.1) is 18.8 Å². The Labute approximate surface area is 161 Å². The van der Waals surface area contributed by atoms with Crippen molar-refractivity contribution in [2.45, 2.75) is 58.9 Å². The van der Waals surface area contributed by atoms with E-state index in [1.807, 2.05) is 13.8 Å². The van der Waals surface area contributed by atoms with E-state index in [-0.39, 0.29) is 18.6 Å². The van der Waals surface area contributed by atoms with Gasteiger partial charge in [-0.3, -0.25) is 4.79 Å². The molecule has 150 valence electrons. The van der Waals surface area contributed by atoms with Crippen LogP contribution in [-0.2, 0) is 9.53 Å². The van der Waals surface area contributed by atoms with Crippen LogP contribution in [0.15, 0.2) is 18.2 Å². The van der Waals surface area contributed by atoms with Crippen molar-refractivity contribution in [3.8, 4) is 11.5 Å². The lowest BCUT2D eigenvalue weighted by molar-refractivity contribution is -0.125. The molecule has 0 bridgehead atoms. The van der Waals surface area contributed by atoms with Crippen molar-refractivity contribution in [1.82, 2.24) is 5.32 Å². The van der Waals surface area contributed by atoms with Gasteiger partial charge in [0.15, 0.2) is 18.1 Å². The van der Waals surface area contributed by atoms with E-state index in [1.54, 1.807) is 18.2 Å². The first-order valence-electron chi connectivity index (χ1n) is 9.91. The van der Waals surface area contributed by atoms with Gasteiger partial charge in [-0.2, -0.15) is 0 Å². The van der Waals surface area contributed by atoms with Gasteiger partial charge in [0, 0.05) is 6.04 Å². The van der Waals surface area contributed by atoms with Gasteiger partial charge >= 0.3 is 5.97 Å². The summed E-state index contributed by atoms with van der Waals surface area (Å²) in [6.45, 7) is 6.79. The monoisotopic (exact) mass is 377 g/mol. The van der Waals surface area contributed by atoms with Gasteiger partial charge in [0.2, 0.25) is 0 Å². The summed E-state index contributed by atoms with van der Waals surface area (Å²) in [5.41, 5.74) is 0.334. The molecule has 1 aliphatic rings. The lowest BCUT2D eigenvalue weighted by atomic mass is 9.86. The zero-order valence-corrected chi connectivity index (χ0v) is 16.6. The number of nitrogens with one attached hydrogen (secondary N) is 1. The summed E-state index contributed by atoms with van der Waals surface area (Å²) >= 11 is 0. The first-order valence-corrected chi connectivity index (χ1v) is 9.91. The molecule has 1 aromatic carbocycles. The quantitative estimate of drug-likeness (QED) is 0.664. The average Bonchev–Trinajstić information content (AvgIpc) is 2.67. The van der Waals surface area contributed by atoms with Gasteiger partial charge < -0.3 is 19.5 Å².